The molecule has 1 aliphatic carbocycles. The number of hydrogen-bond donors (Lipinski definition) is 0. The van der Waals surface area contributed by atoms with Gasteiger partial charge in [0, 0.05) is 11.0 Å². The van der Waals surface area contributed by atoms with E-state index in [4.69, 9.17) is 0 Å². The van der Waals surface area contributed by atoms with Gasteiger partial charge in [0.1, 0.15) is 0 Å². The zero-order chi connectivity index (χ0) is 11.6. The van der Waals surface area contributed by atoms with Crippen molar-refractivity contribution in [2.75, 3.05) is 0 Å². The van der Waals surface area contributed by atoms with Gasteiger partial charge < -0.3 is 0 Å². The molecule has 0 amide bonds. The van der Waals surface area contributed by atoms with Crippen LogP contribution in [-0.2, 0) is 4.79 Å². The summed E-state index contributed by atoms with van der Waals surface area (Å²) in [6, 6.07) is -2.11. The molecule has 0 fully saturated rings. The predicted molar refractivity (Wildman–Crippen MR) is 44.5 cm³/mol. The molecule has 8 heteroatoms. The van der Waals surface area contributed by atoms with Crippen LogP contribution in [0.15, 0.2) is 23.9 Å². The zero-order valence-electron chi connectivity index (χ0n) is 7.12. The fourth-order valence-electron chi connectivity index (χ4n) is 1.07. The van der Waals surface area contributed by atoms with Crippen LogP contribution in [0.5, 0.6) is 0 Å². The van der Waals surface area contributed by atoms with Crippen molar-refractivity contribution in [3.05, 3.63) is 44.2 Å². The molecule has 0 aromatic heterocycles. The number of carbonyl (C=O) groups excluding carboxylic acids is 1. The Hall–Kier alpha value is -2.12. The molecule has 79 valence electrons. The zero-order valence-corrected chi connectivity index (χ0v) is 7.12. The molecular formula is C7H4FN2O5. The van der Waals surface area contributed by atoms with E-state index < -0.39 is 27.3 Å². The van der Waals surface area contributed by atoms with E-state index in [1.807, 2.05) is 0 Å². The molecule has 0 aromatic rings. The first kappa shape index (κ1) is 11.0. The van der Waals surface area contributed by atoms with E-state index in [0.29, 0.717) is 18.2 Å². The summed E-state index contributed by atoms with van der Waals surface area (Å²) in [5.74, 6) is 0. The highest BCUT2D eigenvalue weighted by Crippen LogP contribution is 2.25. The van der Waals surface area contributed by atoms with E-state index in [2.05, 4.69) is 0 Å². The average Bonchev–Trinajstić information content (AvgIpc) is 2.17. The average molecular weight is 215 g/mol. The number of rotatable bonds is 3. The molecule has 0 saturated carbocycles. The fraction of sp³-hybridized carbons (Fsp3) is 0.286. The lowest BCUT2D eigenvalue weighted by Gasteiger charge is -2.17. The van der Waals surface area contributed by atoms with E-state index in [0.717, 1.165) is 6.29 Å². The van der Waals surface area contributed by atoms with E-state index >= 15 is 0 Å². The Bertz CT molecular complexity index is 391. The molecule has 0 N–H and O–H groups in total. The number of alkyl halides is 1. The lowest BCUT2D eigenvalue weighted by Crippen LogP contribution is -2.43. The summed E-state index contributed by atoms with van der Waals surface area (Å²) in [5.41, 5.74) is -3.57. The molecule has 1 radical (unpaired) electrons. The predicted octanol–water partition coefficient (Wildman–Crippen LogP) is 0.180. The highest BCUT2D eigenvalue weighted by atomic mass is 19.1. The summed E-state index contributed by atoms with van der Waals surface area (Å²) in [6.07, 6.45) is 2.50. The van der Waals surface area contributed by atoms with E-state index in [1.54, 1.807) is 0 Å². The van der Waals surface area contributed by atoms with Crippen molar-refractivity contribution in [1.29, 1.82) is 0 Å². The Kier molecular flexibility index (Phi) is 2.60. The molecular weight excluding hydrogens is 211 g/mol. The number of nitro groups is 2. The molecule has 0 spiro atoms. The minimum atomic E-state index is -2.94. The van der Waals surface area contributed by atoms with Gasteiger partial charge in [0.25, 0.3) is 23.7 Å². The summed E-state index contributed by atoms with van der Waals surface area (Å²) in [7, 11) is 0. The number of nitrogens with zero attached hydrogens (tertiary/aromatic N) is 2. The molecule has 0 aliphatic heterocycles. The number of hydrogen-bond acceptors (Lipinski definition) is 5. The van der Waals surface area contributed by atoms with Gasteiger partial charge in [0.15, 0.2) is 0 Å². The topological polar surface area (TPSA) is 103 Å². The minimum absolute atomic E-state index is 0.464. The first-order chi connectivity index (χ1) is 6.90. The van der Waals surface area contributed by atoms with Gasteiger partial charge in [-0.25, -0.2) is 4.39 Å². The monoisotopic (exact) mass is 215 g/mol. The third-order valence-electron chi connectivity index (χ3n) is 1.85. The van der Waals surface area contributed by atoms with Crippen LogP contribution in [0, 0.1) is 20.2 Å². The Balaban J connectivity index is 3.16. The molecule has 15 heavy (non-hydrogen) atoms. The quantitative estimate of drug-likeness (QED) is 0.493. The smallest absolute Gasteiger partial charge is 0.282 e. The van der Waals surface area contributed by atoms with Gasteiger partial charge in [-0.2, -0.15) is 0 Å². The standard InChI is InChI=1S/C7H4FN2O5/c8-7(4-11)2-1-5(9(12)13)3-6(7)10(14)15/h1-3,6H. The van der Waals surface area contributed by atoms with Crippen LogP contribution in [-0.4, -0.2) is 27.8 Å². The molecule has 0 saturated heterocycles. The molecule has 0 aromatic carbocycles. The highest BCUT2D eigenvalue weighted by Gasteiger charge is 2.49. The van der Waals surface area contributed by atoms with Gasteiger partial charge in [0.2, 0.25) is 0 Å². The Morgan fingerprint density at radius 1 is 1.47 bits per heavy atom. The SMILES string of the molecule is O=[C]C1(F)C=CC([N+](=O)[O-])=CC1[N+](=O)[O-]. The third kappa shape index (κ3) is 1.87. The second kappa shape index (κ2) is 3.56. The second-order valence-corrected chi connectivity index (χ2v) is 2.78. The van der Waals surface area contributed by atoms with Gasteiger partial charge in [0.05, 0.1) is 11.0 Å². The van der Waals surface area contributed by atoms with Crippen LogP contribution in [0.25, 0.3) is 0 Å². The van der Waals surface area contributed by atoms with Gasteiger partial charge >= 0.3 is 0 Å². The third-order valence-corrected chi connectivity index (χ3v) is 1.85. The molecule has 0 bridgehead atoms. The minimum Gasteiger partial charge on any atom is -0.286 e. The molecule has 2 unspecified atom stereocenters. The highest BCUT2D eigenvalue weighted by molar-refractivity contribution is 5.69. The molecule has 7 nitrogen and oxygen atoms in total. The lowest BCUT2D eigenvalue weighted by atomic mass is 9.92. The summed E-state index contributed by atoms with van der Waals surface area (Å²) in [6.45, 7) is 0. The Labute approximate surface area is 82.2 Å². The van der Waals surface area contributed by atoms with Crippen molar-refractivity contribution < 1.29 is 19.0 Å². The van der Waals surface area contributed by atoms with Crippen LogP contribution in [0.2, 0.25) is 0 Å². The van der Waals surface area contributed by atoms with E-state index in [-0.39, 0.29) is 0 Å². The Morgan fingerprint density at radius 3 is 2.47 bits per heavy atom. The number of halogens is 1. The van der Waals surface area contributed by atoms with Crippen LogP contribution in [0.3, 0.4) is 0 Å². The maximum atomic E-state index is 13.4. The van der Waals surface area contributed by atoms with Crippen molar-refractivity contribution in [3.8, 4) is 0 Å². The van der Waals surface area contributed by atoms with Crippen molar-refractivity contribution in [2.24, 2.45) is 0 Å². The first-order valence-corrected chi connectivity index (χ1v) is 3.68. The maximum Gasteiger partial charge on any atom is 0.282 e. The summed E-state index contributed by atoms with van der Waals surface area (Å²) in [5, 5.41) is 20.6. The van der Waals surface area contributed by atoms with Gasteiger partial charge in [-0.3, -0.25) is 25.0 Å². The van der Waals surface area contributed by atoms with E-state index in [1.165, 1.54) is 0 Å². The van der Waals surface area contributed by atoms with Crippen LogP contribution >= 0.6 is 0 Å². The normalized spacial score (nSPS) is 29.4. The van der Waals surface area contributed by atoms with Crippen LogP contribution in [0.1, 0.15) is 0 Å². The van der Waals surface area contributed by atoms with Crippen molar-refractivity contribution in [3.63, 3.8) is 0 Å². The Morgan fingerprint density at radius 2 is 2.07 bits per heavy atom. The van der Waals surface area contributed by atoms with Gasteiger partial charge in [-0.05, 0) is 6.08 Å². The number of allylic oxidation sites excluding steroid dienone is 1. The second-order valence-electron chi connectivity index (χ2n) is 2.78. The van der Waals surface area contributed by atoms with Crippen LogP contribution in [0.4, 0.5) is 4.39 Å². The largest absolute Gasteiger partial charge is 0.286 e. The lowest BCUT2D eigenvalue weighted by molar-refractivity contribution is -0.522. The maximum absolute atomic E-state index is 13.4. The summed E-state index contributed by atoms with van der Waals surface area (Å²) >= 11 is 0. The van der Waals surface area contributed by atoms with Crippen molar-refractivity contribution in [2.45, 2.75) is 11.7 Å². The van der Waals surface area contributed by atoms with Gasteiger partial charge in [-0.15, -0.1) is 0 Å². The molecule has 2 atom stereocenters. The van der Waals surface area contributed by atoms with Crippen molar-refractivity contribution in [1.82, 2.24) is 0 Å². The molecule has 0 heterocycles. The molecule has 1 aliphatic rings. The molecule has 1 rings (SSSR count). The fourth-order valence-corrected chi connectivity index (χ4v) is 1.07. The first-order valence-electron chi connectivity index (χ1n) is 3.68. The van der Waals surface area contributed by atoms with Gasteiger partial charge in [-0.1, -0.05) is 0 Å². The van der Waals surface area contributed by atoms with Crippen LogP contribution < -0.4 is 0 Å². The van der Waals surface area contributed by atoms with E-state index in [9.17, 15) is 29.4 Å². The van der Waals surface area contributed by atoms with Crippen molar-refractivity contribution >= 4 is 6.29 Å². The summed E-state index contributed by atoms with van der Waals surface area (Å²) < 4.78 is 13.4. The summed E-state index contributed by atoms with van der Waals surface area (Å²) in [4.78, 5) is 28.8.